The first-order chi connectivity index (χ1) is 8.63. The van der Waals surface area contributed by atoms with E-state index in [0.717, 1.165) is 28.7 Å². The number of halogens is 2. The Morgan fingerprint density at radius 2 is 2.17 bits per heavy atom. The van der Waals surface area contributed by atoms with E-state index in [4.69, 9.17) is 0 Å². The van der Waals surface area contributed by atoms with Crippen molar-refractivity contribution < 1.29 is 4.39 Å². The van der Waals surface area contributed by atoms with Crippen molar-refractivity contribution in [3.63, 3.8) is 0 Å². The normalized spacial score (nSPS) is 10.9. The second-order valence-corrected chi connectivity index (χ2v) is 5.02. The van der Waals surface area contributed by atoms with Gasteiger partial charge in [0.1, 0.15) is 5.82 Å². The highest BCUT2D eigenvalue weighted by molar-refractivity contribution is 9.10. The summed E-state index contributed by atoms with van der Waals surface area (Å²) in [5.74, 6) is -0.225. The van der Waals surface area contributed by atoms with E-state index in [9.17, 15) is 4.39 Å². The number of rotatable bonds is 4. The van der Waals surface area contributed by atoms with Gasteiger partial charge in [0.25, 0.3) is 0 Å². The van der Waals surface area contributed by atoms with Crippen LogP contribution in [0.2, 0.25) is 0 Å². The lowest BCUT2D eigenvalue weighted by Gasteiger charge is -2.07. The first-order valence-electron chi connectivity index (χ1n) is 5.74. The van der Waals surface area contributed by atoms with Crippen molar-refractivity contribution in [2.75, 3.05) is 13.6 Å². The molecule has 0 unspecified atom stereocenters. The largest absolute Gasteiger partial charge is 0.319 e. The van der Waals surface area contributed by atoms with E-state index in [-0.39, 0.29) is 5.82 Å². The van der Waals surface area contributed by atoms with Crippen LogP contribution in [0.3, 0.4) is 0 Å². The summed E-state index contributed by atoms with van der Waals surface area (Å²) >= 11 is 3.37. The van der Waals surface area contributed by atoms with Crippen LogP contribution in [0.15, 0.2) is 28.9 Å². The predicted molar refractivity (Wildman–Crippen MR) is 73.9 cm³/mol. The fourth-order valence-corrected chi connectivity index (χ4v) is 2.29. The van der Waals surface area contributed by atoms with Gasteiger partial charge in [-0.05, 0) is 25.2 Å². The molecule has 1 N–H and O–H groups in total. The molecule has 1 aromatic carbocycles. The number of nitrogens with zero attached hydrogens (tertiary/aromatic N) is 2. The number of likely N-dealkylation sites (N-methyl/N-ethyl adjacent to an activating group) is 1. The molecular formula is C13H15BrFN3. The Kier molecular flexibility index (Phi) is 4.14. The molecule has 0 saturated heterocycles. The first kappa shape index (κ1) is 13.2. The lowest BCUT2D eigenvalue weighted by atomic mass is 10.0. The summed E-state index contributed by atoms with van der Waals surface area (Å²) in [6, 6.07) is 4.95. The highest BCUT2D eigenvalue weighted by atomic mass is 79.9. The van der Waals surface area contributed by atoms with Crippen LogP contribution in [-0.2, 0) is 13.5 Å². The van der Waals surface area contributed by atoms with Gasteiger partial charge >= 0.3 is 0 Å². The number of benzene rings is 1. The zero-order valence-corrected chi connectivity index (χ0v) is 12.0. The third-order valence-electron chi connectivity index (χ3n) is 2.89. The molecule has 0 fully saturated rings. The molecule has 1 heterocycles. The maximum atomic E-state index is 13.9. The van der Waals surface area contributed by atoms with Gasteiger partial charge in [-0.15, -0.1) is 0 Å². The minimum atomic E-state index is -0.225. The fourth-order valence-electron chi connectivity index (χ4n) is 1.93. The maximum absolute atomic E-state index is 13.9. The average Bonchev–Trinajstić information content (AvgIpc) is 2.71. The third kappa shape index (κ3) is 2.62. The monoisotopic (exact) mass is 311 g/mol. The number of aryl methyl sites for hydroxylation is 1. The van der Waals surface area contributed by atoms with Crippen LogP contribution in [0, 0.1) is 5.82 Å². The van der Waals surface area contributed by atoms with Gasteiger partial charge in [-0.1, -0.05) is 15.9 Å². The molecule has 0 aliphatic carbocycles. The van der Waals surface area contributed by atoms with Crippen LogP contribution >= 0.6 is 15.9 Å². The Morgan fingerprint density at radius 3 is 2.89 bits per heavy atom. The summed E-state index contributed by atoms with van der Waals surface area (Å²) in [7, 11) is 3.78. The van der Waals surface area contributed by atoms with Gasteiger partial charge in [-0.25, -0.2) is 4.39 Å². The molecule has 0 atom stereocenters. The number of aromatic nitrogens is 2. The Balaban J connectivity index is 2.46. The molecule has 1 aromatic heterocycles. The minimum absolute atomic E-state index is 0.225. The molecule has 0 radical (unpaired) electrons. The molecule has 96 valence electrons. The zero-order valence-electron chi connectivity index (χ0n) is 10.4. The van der Waals surface area contributed by atoms with E-state index in [0.29, 0.717) is 5.56 Å². The van der Waals surface area contributed by atoms with E-state index in [2.05, 4.69) is 26.3 Å². The Labute approximate surface area is 114 Å². The molecule has 0 amide bonds. The lowest BCUT2D eigenvalue weighted by molar-refractivity contribution is 0.630. The van der Waals surface area contributed by atoms with Crippen LogP contribution in [0.1, 0.15) is 5.69 Å². The maximum Gasteiger partial charge on any atom is 0.131 e. The summed E-state index contributed by atoms with van der Waals surface area (Å²) in [5.41, 5.74) is 2.47. The molecular weight excluding hydrogens is 297 g/mol. The van der Waals surface area contributed by atoms with Crippen LogP contribution < -0.4 is 5.32 Å². The number of nitrogens with one attached hydrogen (secondary N) is 1. The SMILES string of the molecule is CNCCc1c(-c2cc(Br)ccc2F)cnn1C. The molecule has 0 saturated carbocycles. The second kappa shape index (κ2) is 5.63. The topological polar surface area (TPSA) is 29.9 Å². The molecule has 0 aliphatic heterocycles. The molecule has 2 aromatic rings. The van der Waals surface area contributed by atoms with Crippen LogP contribution in [0.25, 0.3) is 11.1 Å². The van der Waals surface area contributed by atoms with E-state index in [1.807, 2.05) is 14.1 Å². The summed E-state index contributed by atoms with van der Waals surface area (Å²) in [6.45, 7) is 0.835. The quantitative estimate of drug-likeness (QED) is 0.941. The van der Waals surface area contributed by atoms with Crippen LogP contribution in [0.5, 0.6) is 0 Å². The third-order valence-corrected chi connectivity index (χ3v) is 3.39. The molecule has 3 nitrogen and oxygen atoms in total. The van der Waals surface area contributed by atoms with Crippen LogP contribution in [0.4, 0.5) is 4.39 Å². The van der Waals surface area contributed by atoms with Crippen molar-refractivity contribution in [2.45, 2.75) is 6.42 Å². The van der Waals surface area contributed by atoms with Gasteiger partial charge in [-0.2, -0.15) is 5.10 Å². The van der Waals surface area contributed by atoms with E-state index in [1.54, 1.807) is 23.0 Å². The van der Waals surface area contributed by atoms with E-state index in [1.165, 1.54) is 6.07 Å². The lowest BCUT2D eigenvalue weighted by Crippen LogP contribution is -2.13. The summed E-state index contributed by atoms with van der Waals surface area (Å²) in [6.07, 6.45) is 2.53. The summed E-state index contributed by atoms with van der Waals surface area (Å²) < 4.78 is 16.6. The Hall–Kier alpha value is -1.20. The summed E-state index contributed by atoms with van der Waals surface area (Å²) in [4.78, 5) is 0. The predicted octanol–water partition coefficient (Wildman–Crippen LogP) is 2.75. The molecule has 0 aliphatic rings. The van der Waals surface area contributed by atoms with Crippen molar-refractivity contribution in [3.8, 4) is 11.1 Å². The van der Waals surface area contributed by atoms with Gasteiger partial charge in [0.05, 0.1) is 6.20 Å². The smallest absolute Gasteiger partial charge is 0.131 e. The Morgan fingerprint density at radius 1 is 1.39 bits per heavy atom. The number of hydrogen-bond acceptors (Lipinski definition) is 2. The van der Waals surface area contributed by atoms with Crippen molar-refractivity contribution in [2.24, 2.45) is 7.05 Å². The van der Waals surface area contributed by atoms with Crippen LogP contribution in [-0.4, -0.2) is 23.4 Å². The van der Waals surface area contributed by atoms with Gasteiger partial charge in [0.15, 0.2) is 0 Å². The van der Waals surface area contributed by atoms with Gasteiger partial charge in [0.2, 0.25) is 0 Å². The van der Waals surface area contributed by atoms with E-state index >= 15 is 0 Å². The molecule has 0 bridgehead atoms. The van der Waals surface area contributed by atoms with Crippen molar-refractivity contribution >= 4 is 15.9 Å². The standard InChI is InChI=1S/C13H15BrFN3/c1-16-6-5-13-11(8-17-18(13)2)10-7-9(14)3-4-12(10)15/h3-4,7-8,16H,5-6H2,1-2H3. The van der Waals surface area contributed by atoms with Gasteiger partial charge in [-0.3, -0.25) is 4.68 Å². The molecule has 18 heavy (non-hydrogen) atoms. The fraction of sp³-hybridized carbons (Fsp3) is 0.308. The van der Waals surface area contributed by atoms with Gasteiger partial charge < -0.3 is 5.32 Å². The Bertz CT molecular complexity index is 551. The molecule has 2 rings (SSSR count). The summed E-state index contributed by atoms with van der Waals surface area (Å²) in [5, 5.41) is 7.32. The highest BCUT2D eigenvalue weighted by Gasteiger charge is 2.14. The van der Waals surface area contributed by atoms with Crippen molar-refractivity contribution in [1.29, 1.82) is 0 Å². The van der Waals surface area contributed by atoms with Gasteiger partial charge in [0, 0.05) is 41.3 Å². The average molecular weight is 312 g/mol. The zero-order chi connectivity index (χ0) is 13.1. The first-order valence-corrected chi connectivity index (χ1v) is 6.53. The highest BCUT2D eigenvalue weighted by Crippen LogP contribution is 2.28. The number of hydrogen-bond donors (Lipinski definition) is 1. The second-order valence-electron chi connectivity index (χ2n) is 4.11. The molecule has 5 heteroatoms. The molecule has 0 spiro atoms. The van der Waals surface area contributed by atoms with Crippen molar-refractivity contribution in [3.05, 3.63) is 40.4 Å². The van der Waals surface area contributed by atoms with Crippen molar-refractivity contribution in [1.82, 2.24) is 15.1 Å². The van der Waals surface area contributed by atoms with E-state index < -0.39 is 0 Å². The minimum Gasteiger partial charge on any atom is -0.319 e.